The molecule has 88 valence electrons. The topological polar surface area (TPSA) is 0 Å². The molecule has 0 unspecified atom stereocenters. The molecule has 0 atom stereocenters. The second kappa shape index (κ2) is 15.7. The van der Waals surface area contributed by atoms with Crippen LogP contribution in [0.25, 0.3) is 0 Å². The van der Waals surface area contributed by atoms with E-state index in [9.17, 15) is 0 Å². The summed E-state index contributed by atoms with van der Waals surface area (Å²) in [6, 6.07) is 0. The van der Waals surface area contributed by atoms with Crippen molar-refractivity contribution in [2.45, 2.75) is 84.9 Å². The zero-order valence-corrected chi connectivity index (χ0v) is 12.4. The van der Waals surface area contributed by atoms with Crippen molar-refractivity contribution < 1.29 is 0 Å². The summed E-state index contributed by atoms with van der Waals surface area (Å²) in [6.07, 6.45) is 11.5. The van der Waals surface area contributed by atoms with Gasteiger partial charge in [-0.1, -0.05) is 84.9 Å². The minimum atomic E-state index is -0.139. The number of rotatable bonds is 7. The predicted molar refractivity (Wildman–Crippen MR) is 73.0 cm³/mol. The summed E-state index contributed by atoms with van der Waals surface area (Å²) in [7, 11) is -0.139. The quantitative estimate of drug-likeness (QED) is 0.403. The van der Waals surface area contributed by atoms with Crippen LogP contribution in [0.15, 0.2) is 0 Å². The molecule has 0 aliphatic rings. The molecule has 0 aromatic heterocycles. The van der Waals surface area contributed by atoms with Gasteiger partial charge < -0.3 is 0 Å². The Balaban J connectivity index is 0. The lowest BCUT2D eigenvalue weighted by Crippen LogP contribution is -1.84. The van der Waals surface area contributed by atoms with Crippen LogP contribution in [0.2, 0.25) is 19.6 Å². The first kappa shape index (κ1) is 16.6. The molecule has 0 fully saturated rings. The van der Waals surface area contributed by atoms with Crippen molar-refractivity contribution in [3.63, 3.8) is 0 Å². The number of unbranched alkanes of at least 4 members (excludes halogenated alkanes) is 7. The van der Waals surface area contributed by atoms with Gasteiger partial charge in [0.25, 0.3) is 0 Å². The van der Waals surface area contributed by atoms with Crippen molar-refractivity contribution >= 4 is 8.80 Å². The van der Waals surface area contributed by atoms with Gasteiger partial charge in [-0.15, -0.1) is 0 Å². The minimum absolute atomic E-state index is 0.139. The Bertz CT molecular complexity index is 68.5. The van der Waals surface area contributed by atoms with Crippen LogP contribution in [0.3, 0.4) is 0 Å². The molecule has 0 saturated carbocycles. The average Bonchev–Trinajstić information content (AvgIpc) is 2.10. The van der Waals surface area contributed by atoms with E-state index in [4.69, 9.17) is 0 Å². The van der Waals surface area contributed by atoms with Crippen LogP contribution < -0.4 is 0 Å². The fourth-order valence-electron chi connectivity index (χ4n) is 1.21. The smallest absolute Gasteiger partial charge is 0.0274 e. The SMILES string of the molecule is CCCCCCCCCC.C[SiH](C)C. The van der Waals surface area contributed by atoms with Crippen molar-refractivity contribution in [3.8, 4) is 0 Å². The largest absolute Gasteiger partial charge is 0.0724 e. The summed E-state index contributed by atoms with van der Waals surface area (Å²) in [6.45, 7) is 11.5. The third kappa shape index (κ3) is 29.5. The van der Waals surface area contributed by atoms with Gasteiger partial charge >= 0.3 is 0 Å². The van der Waals surface area contributed by atoms with Crippen LogP contribution >= 0.6 is 0 Å². The summed E-state index contributed by atoms with van der Waals surface area (Å²) < 4.78 is 0. The maximum atomic E-state index is 2.31. The Morgan fingerprint density at radius 2 is 0.786 bits per heavy atom. The summed E-state index contributed by atoms with van der Waals surface area (Å²) in [4.78, 5) is 0. The first-order valence-electron chi connectivity index (χ1n) is 6.65. The van der Waals surface area contributed by atoms with Crippen molar-refractivity contribution in [3.05, 3.63) is 0 Å². The third-order valence-corrected chi connectivity index (χ3v) is 1.96. The second-order valence-electron chi connectivity index (χ2n) is 4.85. The summed E-state index contributed by atoms with van der Waals surface area (Å²) in [5, 5.41) is 0. The molecule has 0 nitrogen and oxygen atoms in total. The van der Waals surface area contributed by atoms with Crippen molar-refractivity contribution in [1.29, 1.82) is 0 Å². The number of hydrogen-bond donors (Lipinski definition) is 0. The second-order valence-corrected chi connectivity index (χ2v) is 8.32. The van der Waals surface area contributed by atoms with Gasteiger partial charge in [0.1, 0.15) is 0 Å². The summed E-state index contributed by atoms with van der Waals surface area (Å²) >= 11 is 0. The summed E-state index contributed by atoms with van der Waals surface area (Å²) in [5.74, 6) is 0. The van der Waals surface area contributed by atoms with E-state index in [1.807, 2.05) is 0 Å². The molecule has 0 aliphatic heterocycles. The molecule has 0 N–H and O–H groups in total. The maximum Gasteiger partial charge on any atom is 0.0274 e. The highest BCUT2D eigenvalue weighted by Gasteiger charge is 1.87. The molecule has 0 rings (SSSR count). The molecule has 0 spiro atoms. The van der Waals surface area contributed by atoms with Crippen molar-refractivity contribution in [2.24, 2.45) is 0 Å². The normalized spacial score (nSPS) is 9.86. The van der Waals surface area contributed by atoms with Gasteiger partial charge in [0.15, 0.2) is 0 Å². The Labute approximate surface area is 94.1 Å². The predicted octanol–water partition coefficient (Wildman–Crippen LogP) is 5.25. The molecule has 1 heteroatoms. The van der Waals surface area contributed by atoms with E-state index >= 15 is 0 Å². The monoisotopic (exact) mass is 216 g/mol. The van der Waals surface area contributed by atoms with E-state index in [-0.39, 0.29) is 8.80 Å². The van der Waals surface area contributed by atoms with Gasteiger partial charge in [-0.3, -0.25) is 0 Å². The van der Waals surface area contributed by atoms with Crippen LogP contribution in [-0.2, 0) is 0 Å². The van der Waals surface area contributed by atoms with Crippen LogP contribution in [-0.4, -0.2) is 8.80 Å². The van der Waals surface area contributed by atoms with Gasteiger partial charge in [-0.25, -0.2) is 0 Å². The van der Waals surface area contributed by atoms with Crippen LogP contribution in [0.1, 0.15) is 65.2 Å². The fourth-order valence-corrected chi connectivity index (χ4v) is 1.21. The van der Waals surface area contributed by atoms with Crippen molar-refractivity contribution in [1.82, 2.24) is 0 Å². The molecule has 0 aliphatic carbocycles. The van der Waals surface area contributed by atoms with E-state index < -0.39 is 0 Å². The third-order valence-electron chi connectivity index (χ3n) is 1.96. The van der Waals surface area contributed by atoms with E-state index in [2.05, 4.69) is 33.5 Å². The first-order valence-corrected chi connectivity index (χ1v) is 10.1. The molecule has 0 amide bonds. The maximum absolute atomic E-state index is 2.31. The fraction of sp³-hybridized carbons (Fsp3) is 1.00. The Morgan fingerprint density at radius 3 is 1.00 bits per heavy atom. The van der Waals surface area contributed by atoms with Gasteiger partial charge in [0.2, 0.25) is 0 Å². The van der Waals surface area contributed by atoms with Crippen LogP contribution in [0, 0.1) is 0 Å². The highest BCUT2D eigenvalue weighted by Crippen LogP contribution is 2.07. The molecule has 14 heavy (non-hydrogen) atoms. The molecule has 0 heterocycles. The molecular formula is C13H32Si. The zero-order chi connectivity index (χ0) is 11.2. The van der Waals surface area contributed by atoms with E-state index in [1.165, 1.54) is 51.4 Å². The average molecular weight is 216 g/mol. The van der Waals surface area contributed by atoms with E-state index in [0.717, 1.165) is 0 Å². The molecule has 0 bridgehead atoms. The van der Waals surface area contributed by atoms with Crippen LogP contribution in [0.5, 0.6) is 0 Å². The Morgan fingerprint density at radius 1 is 0.571 bits per heavy atom. The van der Waals surface area contributed by atoms with Gasteiger partial charge in [0, 0.05) is 8.80 Å². The van der Waals surface area contributed by atoms with Gasteiger partial charge in [-0.05, 0) is 0 Å². The lowest BCUT2D eigenvalue weighted by atomic mass is 10.1. The minimum Gasteiger partial charge on any atom is -0.0724 e. The standard InChI is InChI=1S/C10H22.C3H10Si/c1-3-5-7-9-10-8-6-4-2;1-4(2)3/h3-10H2,1-2H3;4H,1-3H3. The van der Waals surface area contributed by atoms with E-state index in [0.29, 0.717) is 0 Å². The van der Waals surface area contributed by atoms with Crippen LogP contribution in [0.4, 0.5) is 0 Å². The van der Waals surface area contributed by atoms with Gasteiger partial charge in [-0.2, -0.15) is 0 Å². The lowest BCUT2D eigenvalue weighted by molar-refractivity contribution is 0.585. The Hall–Kier alpha value is 0.217. The number of hydrogen-bond acceptors (Lipinski definition) is 0. The van der Waals surface area contributed by atoms with Crippen molar-refractivity contribution in [2.75, 3.05) is 0 Å². The molecule has 0 aromatic carbocycles. The summed E-state index contributed by atoms with van der Waals surface area (Å²) in [5.41, 5.74) is 0. The first-order chi connectivity index (χ1) is 6.65. The molecule has 0 aromatic rings. The Kier molecular flexibility index (Phi) is 18.6. The van der Waals surface area contributed by atoms with Gasteiger partial charge in [0.05, 0.1) is 0 Å². The highest BCUT2D eigenvalue weighted by atomic mass is 28.3. The highest BCUT2D eigenvalue weighted by molar-refractivity contribution is 6.54. The van der Waals surface area contributed by atoms with E-state index in [1.54, 1.807) is 0 Å². The molecule has 0 saturated heterocycles. The lowest BCUT2D eigenvalue weighted by Gasteiger charge is -1.97. The molecular weight excluding hydrogens is 184 g/mol. The zero-order valence-electron chi connectivity index (χ0n) is 11.2. The molecule has 0 radical (unpaired) electrons.